The third-order valence-electron chi connectivity index (χ3n) is 2.71. The Kier molecular flexibility index (Phi) is 3.21. The van der Waals surface area contributed by atoms with Crippen molar-refractivity contribution in [1.29, 1.82) is 5.26 Å². The minimum Gasteiger partial charge on any atom is -0.449 e. The van der Waals surface area contributed by atoms with Crippen LogP contribution in [0.2, 0.25) is 5.02 Å². The number of cyclic esters (lactones) is 1. The van der Waals surface area contributed by atoms with E-state index in [1.54, 1.807) is 12.1 Å². The second kappa shape index (κ2) is 4.64. The minimum atomic E-state index is -0.497. The van der Waals surface area contributed by atoms with Crippen molar-refractivity contribution in [2.75, 3.05) is 11.5 Å². The van der Waals surface area contributed by atoms with Gasteiger partial charge in [-0.15, -0.1) is 0 Å². The van der Waals surface area contributed by atoms with Gasteiger partial charge in [0.25, 0.3) is 0 Å². The highest BCUT2D eigenvalue weighted by atomic mass is 35.5. The number of benzene rings is 1. The van der Waals surface area contributed by atoms with E-state index in [0.717, 1.165) is 5.56 Å². The summed E-state index contributed by atoms with van der Waals surface area (Å²) in [5.41, 5.74) is 1.52. The second-order valence-corrected chi connectivity index (χ2v) is 4.26. The first-order valence-electron chi connectivity index (χ1n) is 5.25. The smallest absolute Gasteiger partial charge is 0.415 e. The molecule has 1 fully saturated rings. The first kappa shape index (κ1) is 11.7. The number of hydrogen-bond donors (Lipinski definition) is 0. The predicted octanol–water partition coefficient (Wildman–Crippen LogP) is 2.89. The van der Waals surface area contributed by atoms with Crippen LogP contribution in [0, 0.1) is 18.3 Å². The summed E-state index contributed by atoms with van der Waals surface area (Å²) in [5, 5.41) is 9.60. The lowest BCUT2D eigenvalue weighted by Gasteiger charge is -2.30. The molecule has 1 aliphatic heterocycles. The molecule has 0 radical (unpaired) electrons. The minimum absolute atomic E-state index is 0.285. The third kappa shape index (κ3) is 2.20. The summed E-state index contributed by atoms with van der Waals surface area (Å²) in [7, 11) is 0. The van der Waals surface area contributed by atoms with Gasteiger partial charge in [0.05, 0.1) is 12.7 Å². The van der Waals surface area contributed by atoms with Gasteiger partial charge >= 0.3 is 6.09 Å². The van der Waals surface area contributed by atoms with Crippen LogP contribution < -0.4 is 4.90 Å². The van der Waals surface area contributed by atoms with E-state index in [0.29, 0.717) is 17.1 Å². The van der Waals surface area contributed by atoms with E-state index in [9.17, 15) is 4.79 Å². The molecule has 0 aliphatic carbocycles. The largest absolute Gasteiger partial charge is 0.449 e. The zero-order valence-corrected chi connectivity index (χ0v) is 10.1. The number of aryl methyl sites for hydroxylation is 1. The molecule has 4 nitrogen and oxygen atoms in total. The SMILES string of the molecule is Cc1ccc(N2C(=O)OCCC2C#N)cc1Cl. The highest BCUT2D eigenvalue weighted by molar-refractivity contribution is 6.31. The van der Waals surface area contributed by atoms with Crippen molar-refractivity contribution in [3.05, 3.63) is 28.8 Å². The van der Waals surface area contributed by atoms with E-state index in [1.807, 2.05) is 13.0 Å². The summed E-state index contributed by atoms with van der Waals surface area (Å²) in [6, 6.07) is 6.86. The lowest BCUT2D eigenvalue weighted by atomic mass is 10.1. The molecule has 1 aliphatic rings. The molecule has 17 heavy (non-hydrogen) atoms. The lowest BCUT2D eigenvalue weighted by Crippen LogP contribution is -2.45. The van der Waals surface area contributed by atoms with Gasteiger partial charge < -0.3 is 4.74 Å². The number of ether oxygens (including phenoxy) is 1. The third-order valence-corrected chi connectivity index (χ3v) is 3.12. The fraction of sp³-hybridized carbons (Fsp3) is 0.333. The van der Waals surface area contributed by atoms with Crippen LogP contribution in [0.4, 0.5) is 10.5 Å². The summed E-state index contributed by atoms with van der Waals surface area (Å²) < 4.78 is 4.94. The van der Waals surface area contributed by atoms with Crippen LogP contribution in [-0.4, -0.2) is 18.7 Å². The Bertz CT molecular complexity index is 496. The van der Waals surface area contributed by atoms with Crippen LogP contribution in [-0.2, 0) is 4.74 Å². The summed E-state index contributed by atoms with van der Waals surface area (Å²) in [5.74, 6) is 0. The standard InChI is InChI=1S/C12H11ClN2O2/c1-8-2-3-9(6-11(8)13)15-10(7-14)4-5-17-12(15)16/h2-3,6,10H,4-5H2,1H3. The first-order chi connectivity index (χ1) is 8.13. The molecule has 0 aromatic heterocycles. The molecular formula is C12H11ClN2O2. The number of hydrogen-bond acceptors (Lipinski definition) is 3. The second-order valence-electron chi connectivity index (χ2n) is 3.85. The fourth-order valence-corrected chi connectivity index (χ4v) is 1.90. The molecule has 1 atom stereocenters. The zero-order chi connectivity index (χ0) is 12.4. The zero-order valence-electron chi connectivity index (χ0n) is 9.31. The fourth-order valence-electron chi connectivity index (χ4n) is 1.72. The van der Waals surface area contributed by atoms with Crippen molar-refractivity contribution in [2.24, 2.45) is 0 Å². The van der Waals surface area contributed by atoms with Crippen LogP contribution >= 0.6 is 11.6 Å². The van der Waals surface area contributed by atoms with E-state index in [-0.39, 0.29) is 6.61 Å². The maximum Gasteiger partial charge on any atom is 0.415 e. The lowest BCUT2D eigenvalue weighted by molar-refractivity contribution is 0.134. The van der Waals surface area contributed by atoms with E-state index in [2.05, 4.69) is 6.07 Å². The van der Waals surface area contributed by atoms with Crippen molar-refractivity contribution in [3.8, 4) is 6.07 Å². The van der Waals surface area contributed by atoms with E-state index >= 15 is 0 Å². The molecule has 1 saturated heterocycles. The van der Waals surface area contributed by atoms with Gasteiger partial charge in [0.1, 0.15) is 6.04 Å². The summed E-state index contributed by atoms with van der Waals surface area (Å²) in [6.07, 6.45) is 0.0102. The average Bonchev–Trinajstić information content (AvgIpc) is 2.32. The van der Waals surface area contributed by atoms with E-state index < -0.39 is 12.1 Å². The van der Waals surface area contributed by atoms with Crippen LogP contribution in [0.5, 0.6) is 0 Å². The Morgan fingerprint density at radius 2 is 2.35 bits per heavy atom. The first-order valence-corrected chi connectivity index (χ1v) is 5.63. The number of halogens is 1. The molecule has 88 valence electrons. The average molecular weight is 251 g/mol. The number of rotatable bonds is 1. The molecule has 1 unspecified atom stereocenters. The van der Waals surface area contributed by atoms with Crippen LogP contribution in [0.1, 0.15) is 12.0 Å². The van der Waals surface area contributed by atoms with Crippen molar-refractivity contribution in [3.63, 3.8) is 0 Å². The van der Waals surface area contributed by atoms with Crippen molar-refractivity contribution >= 4 is 23.4 Å². The molecule has 2 rings (SSSR count). The number of anilines is 1. The summed E-state index contributed by atoms with van der Waals surface area (Å²) in [4.78, 5) is 13.0. The predicted molar refractivity (Wildman–Crippen MR) is 64.0 cm³/mol. The molecule has 0 bridgehead atoms. The Morgan fingerprint density at radius 3 is 3.00 bits per heavy atom. The highest BCUT2D eigenvalue weighted by Crippen LogP contribution is 2.27. The summed E-state index contributed by atoms with van der Waals surface area (Å²) >= 11 is 6.01. The van der Waals surface area contributed by atoms with Gasteiger partial charge in [-0.05, 0) is 24.6 Å². The van der Waals surface area contributed by atoms with E-state index in [1.165, 1.54) is 4.90 Å². The molecule has 1 aromatic carbocycles. The molecule has 5 heteroatoms. The van der Waals surface area contributed by atoms with Crippen LogP contribution in [0.15, 0.2) is 18.2 Å². The molecule has 1 heterocycles. The quantitative estimate of drug-likeness (QED) is 0.770. The maximum absolute atomic E-state index is 11.7. The normalized spacial score (nSPS) is 19.7. The number of carbonyl (C=O) groups excluding carboxylic acids is 1. The van der Waals surface area contributed by atoms with Gasteiger partial charge in [0.2, 0.25) is 0 Å². The molecule has 1 amide bonds. The number of carbonyl (C=O) groups is 1. The monoisotopic (exact) mass is 250 g/mol. The molecule has 0 saturated carbocycles. The van der Waals surface area contributed by atoms with Crippen molar-refractivity contribution < 1.29 is 9.53 Å². The van der Waals surface area contributed by atoms with Crippen molar-refractivity contribution in [2.45, 2.75) is 19.4 Å². The number of nitrogens with zero attached hydrogens (tertiary/aromatic N) is 2. The van der Waals surface area contributed by atoms with Gasteiger partial charge in [-0.25, -0.2) is 4.79 Å². The van der Waals surface area contributed by atoms with Crippen molar-refractivity contribution in [1.82, 2.24) is 0 Å². The van der Waals surface area contributed by atoms with Gasteiger partial charge in [-0.1, -0.05) is 17.7 Å². The summed E-state index contributed by atoms with van der Waals surface area (Å²) in [6.45, 7) is 2.16. The van der Waals surface area contributed by atoms with E-state index in [4.69, 9.17) is 21.6 Å². The Balaban J connectivity index is 2.39. The Morgan fingerprint density at radius 1 is 1.59 bits per heavy atom. The topological polar surface area (TPSA) is 53.3 Å². The number of nitriles is 1. The number of amides is 1. The Labute approximate surface area is 104 Å². The maximum atomic E-state index is 11.7. The molecular weight excluding hydrogens is 240 g/mol. The van der Waals surface area contributed by atoms with Gasteiger partial charge in [-0.3, -0.25) is 4.90 Å². The highest BCUT2D eigenvalue weighted by Gasteiger charge is 2.31. The van der Waals surface area contributed by atoms with Gasteiger partial charge in [0, 0.05) is 17.1 Å². The molecule has 0 N–H and O–H groups in total. The van der Waals surface area contributed by atoms with Crippen LogP contribution in [0.25, 0.3) is 0 Å². The molecule has 1 aromatic rings. The molecule has 0 spiro atoms. The Hall–Kier alpha value is -1.73. The van der Waals surface area contributed by atoms with Crippen LogP contribution in [0.3, 0.4) is 0 Å². The van der Waals surface area contributed by atoms with Gasteiger partial charge in [-0.2, -0.15) is 5.26 Å². The van der Waals surface area contributed by atoms with Gasteiger partial charge in [0.15, 0.2) is 0 Å².